The molecular weight excluding hydrogens is 512 g/mol. The predicted molar refractivity (Wildman–Crippen MR) is 138 cm³/mol. The van der Waals surface area contributed by atoms with Crippen molar-refractivity contribution in [3.8, 4) is 11.5 Å². The summed E-state index contributed by atoms with van der Waals surface area (Å²) in [5, 5.41) is 35.1. The first-order valence-electron chi connectivity index (χ1n) is 10.8. The summed E-state index contributed by atoms with van der Waals surface area (Å²) in [6.45, 7) is 0. The van der Waals surface area contributed by atoms with Crippen molar-refractivity contribution in [2.75, 3.05) is 0 Å². The van der Waals surface area contributed by atoms with Crippen LogP contribution >= 0.6 is 11.8 Å². The van der Waals surface area contributed by atoms with Gasteiger partial charge in [0.15, 0.2) is 0 Å². The maximum absolute atomic E-state index is 10.7. The molecule has 0 atom stereocenters. The van der Waals surface area contributed by atoms with Gasteiger partial charge in [0.25, 0.3) is 0 Å². The molecule has 192 valence electrons. The molecule has 0 aliphatic heterocycles. The minimum atomic E-state index is -1.00. The Bertz CT molecular complexity index is 1200. The molecule has 9 nitrogen and oxygen atoms in total. The van der Waals surface area contributed by atoms with E-state index in [1.807, 2.05) is 0 Å². The fourth-order valence-electron chi connectivity index (χ4n) is 2.93. The number of carbonyl (C=O) groups is 4. The van der Waals surface area contributed by atoms with Gasteiger partial charge in [0.2, 0.25) is 0 Å². The van der Waals surface area contributed by atoms with Crippen molar-refractivity contribution >= 4 is 35.6 Å². The van der Waals surface area contributed by atoms with E-state index in [-0.39, 0.29) is 22.3 Å². The van der Waals surface area contributed by atoms with Crippen molar-refractivity contribution < 1.29 is 44.3 Å². The molecule has 0 fully saturated rings. The first kappa shape index (κ1) is 27.5. The molecule has 0 radical (unpaired) electrons. The van der Waals surface area contributed by atoms with Crippen LogP contribution in [-0.4, -0.2) is 44.3 Å². The van der Waals surface area contributed by atoms with Crippen LogP contribution in [0.5, 0.6) is 11.5 Å². The zero-order valence-corrected chi connectivity index (χ0v) is 20.3. The van der Waals surface area contributed by atoms with E-state index >= 15 is 0 Å². The van der Waals surface area contributed by atoms with Crippen LogP contribution in [0.1, 0.15) is 41.4 Å². The average Bonchev–Trinajstić information content (AvgIpc) is 2.90. The maximum atomic E-state index is 10.7. The fourth-order valence-corrected chi connectivity index (χ4v) is 3.75. The van der Waals surface area contributed by atoms with Crippen LogP contribution in [0, 0.1) is 0 Å². The van der Waals surface area contributed by atoms with Crippen molar-refractivity contribution in [3.05, 3.63) is 119 Å². The van der Waals surface area contributed by atoms with Crippen molar-refractivity contribution in [1.82, 2.24) is 0 Å². The molecule has 0 aromatic heterocycles. The van der Waals surface area contributed by atoms with E-state index < -0.39 is 23.9 Å². The summed E-state index contributed by atoms with van der Waals surface area (Å²) >= 11 is 1.44. The highest BCUT2D eigenvalue weighted by Crippen LogP contribution is 2.28. The van der Waals surface area contributed by atoms with Crippen molar-refractivity contribution in [2.24, 2.45) is 0 Å². The summed E-state index contributed by atoms with van der Waals surface area (Å²) in [5.74, 6) is -2.96. The third kappa shape index (κ3) is 7.97. The SMILES string of the molecule is O=C(O)c1ccc(Oc2ccc(C(=O)O)cc2)cc1.O=C(O)c1ccc(Sc2ccc(C(=O)O)cc2)cc1. The van der Waals surface area contributed by atoms with Crippen molar-refractivity contribution in [2.45, 2.75) is 9.79 Å². The Morgan fingerprint density at radius 3 is 0.895 bits per heavy atom. The molecule has 0 spiro atoms. The second kappa shape index (κ2) is 12.7. The van der Waals surface area contributed by atoms with Crippen LogP contribution in [0.4, 0.5) is 0 Å². The first-order chi connectivity index (χ1) is 18.1. The molecule has 4 aromatic rings. The van der Waals surface area contributed by atoms with Gasteiger partial charge in [-0.05, 0) is 97.1 Å². The Morgan fingerprint density at radius 2 is 0.658 bits per heavy atom. The summed E-state index contributed by atoms with van der Waals surface area (Å²) < 4.78 is 5.46. The molecule has 0 aliphatic carbocycles. The van der Waals surface area contributed by atoms with Gasteiger partial charge >= 0.3 is 23.9 Å². The predicted octanol–water partition coefficient (Wildman–Crippen LogP) is 6.11. The number of carboxylic acids is 4. The number of carboxylic acid groups (broad SMARTS) is 4. The molecule has 38 heavy (non-hydrogen) atoms. The lowest BCUT2D eigenvalue weighted by atomic mass is 10.2. The van der Waals surface area contributed by atoms with E-state index in [2.05, 4.69) is 0 Å². The van der Waals surface area contributed by atoms with E-state index in [4.69, 9.17) is 25.2 Å². The maximum Gasteiger partial charge on any atom is 0.335 e. The third-order valence-electron chi connectivity index (χ3n) is 4.88. The van der Waals surface area contributed by atoms with E-state index in [9.17, 15) is 19.2 Å². The average molecular weight is 533 g/mol. The highest BCUT2D eigenvalue weighted by atomic mass is 32.2. The zero-order valence-electron chi connectivity index (χ0n) is 19.5. The number of ether oxygens (including phenoxy) is 1. The summed E-state index contributed by atoms with van der Waals surface area (Å²) in [6, 6.07) is 24.9. The molecule has 0 unspecified atom stereocenters. The first-order valence-corrected chi connectivity index (χ1v) is 11.6. The molecule has 0 saturated carbocycles. The molecule has 0 bridgehead atoms. The number of benzene rings is 4. The number of hydrogen-bond acceptors (Lipinski definition) is 6. The quantitative estimate of drug-likeness (QED) is 0.209. The standard InChI is InChI=1S/C14H10O5.C14H10O4S/c2*15-13(16)9-1-5-11(6-2-9)19-12-7-3-10(4-8-12)14(17)18/h2*1-8H,(H,15,16)(H,17,18). The molecule has 0 heterocycles. The van der Waals surface area contributed by atoms with Gasteiger partial charge in [0.1, 0.15) is 11.5 Å². The zero-order chi connectivity index (χ0) is 27.7. The summed E-state index contributed by atoms with van der Waals surface area (Å²) in [5.41, 5.74) is 0.832. The van der Waals surface area contributed by atoms with Gasteiger partial charge in [-0.1, -0.05) is 11.8 Å². The molecular formula is C28H20O9S. The lowest BCUT2D eigenvalue weighted by Gasteiger charge is -2.06. The fraction of sp³-hybridized carbons (Fsp3) is 0. The van der Waals surface area contributed by atoms with Gasteiger partial charge in [-0.25, -0.2) is 19.2 Å². The Hall–Kier alpha value is -5.09. The van der Waals surface area contributed by atoms with Gasteiger partial charge < -0.3 is 25.2 Å². The van der Waals surface area contributed by atoms with Gasteiger partial charge in [0.05, 0.1) is 22.3 Å². The monoisotopic (exact) mass is 532 g/mol. The summed E-state index contributed by atoms with van der Waals surface area (Å²) in [6.07, 6.45) is 0. The normalized spacial score (nSPS) is 10.0. The van der Waals surface area contributed by atoms with Gasteiger partial charge in [0, 0.05) is 9.79 Å². The number of hydrogen-bond donors (Lipinski definition) is 4. The molecule has 4 aromatic carbocycles. The molecule has 4 N–H and O–H groups in total. The van der Waals surface area contributed by atoms with Crippen LogP contribution in [0.25, 0.3) is 0 Å². The van der Waals surface area contributed by atoms with Gasteiger partial charge in [-0.2, -0.15) is 0 Å². The molecule has 10 heteroatoms. The molecule has 0 aliphatic rings. The minimum absolute atomic E-state index is 0.175. The molecule has 0 amide bonds. The Balaban J connectivity index is 0.000000211. The van der Waals surface area contributed by atoms with E-state index in [0.29, 0.717) is 11.5 Å². The smallest absolute Gasteiger partial charge is 0.335 e. The van der Waals surface area contributed by atoms with Crippen LogP contribution < -0.4 is 4.74 Å². The third-order valence-corrected chi connectivity index (χ3v) is 5.89. The van der Waals surface area contributed by atoms with Crippen molar-refractivity contribution in [3.63, 3.8) is 0 Å². The highest BCUT2D eigenvalue weighted by Gasteiger charge is 2.06. The van der Waals surface area contributed by atoms with Gasteiger partial charge in [-0.3, -0.25) is 0 Å². The largest absolute Gasteiger partial charge is 0.478 e. The van der Waals surface area contributed by atoms with E-state index in [0.717, 1.165) is 9.79 Å². The summed E-state index contributed by atoms with van der Waals surface area (Å²) in [7, 11) is 0. The Morgan fingerprint density at radius 1 is 0.421 bits per heavy atom. The highest BCUT2D eigenvalue weighted by molar-refractivity contribution is 7.99. The Labute approximate surface area is 220 Å². The van der Waals surface area contributed by atoms with Crippen LogP contribution in [-0.2, 0) is 0 Å². The van der Waals surface area contributed by atoms with E-state index in [1.54, 1.807) is 24.3 Å². The Kier molecular flexibility index (Phi) is 9.22. The molecule has 0 saturated heterocycles. The van der Waals surface area contributed by atoms with Crippen LogP contribution in [0.3, 0.4) is 0 Å². The summed E-state index contributed by atoms with van der Waals surface area (Å²) in [4.78, 5) is 44.6. The van der Waals surface area contributed by atoms with E-state index in [1.165, 1.54) is 84.6 Å². The lowest BCUT2D eigenvalue weighted by Crippen LogP contribution is -1.96. The lowest BCUT2D eigenvalue weighted by molar-refractivity contribution is 0.0686. The van der Waals surface area contributed by atoms with Crippen molar-refractivity contribution in [1.29, 1.82) is 0 Å². The molecule has 4 rings (SSSR count). The van der Waals surface area contributed by atoms with Crippen LogP contribution in [0.15, 0.2) is 107 Å². The topological polar surface area (TPSA) is 158 Å². The second-order valence-corrected chi connectivity index (χ2v) is 8.67. The number of aromatic carboxylic acids is 4. The van der Waals surface area contributed by atoms with Crippen LogP contribution in [0.2, 0.25) is 0 Å². The second-order valence-electron chi connectivity index (χ2n) is 7.52. The number of rotatable bonds is 8. The van der Waals surface area contributed by atoms with Gasteiger partial charge in [-0.15, -0.1) is 0 Å². The minimum Gasteiger partial charge on any atom is -0.478 e.